The maximum atomic E-state index is 11.5. The van der Waals surface area contributed by atoms with Crippen molar-refractivity contribution in [3.63, 3.8) is 0 Å². The molecule has 22 heavy (non-hydrogen) atoms. The number of amides is 1. The van der Waals surface area contributed by atoms with Gasteiger partial charge in [0, 0.05) is 25.0 Å². The Morgan fingerprint density at radius 1 is 1.18 bits per heavy atom. The van der Waals surface area contributed by atoms with Gasteiger partial charge in [-0.05, 0) is 5.39 Å². The highest BCUT2D eigenvalue weighted by Gasteiger charge is 2.19. The summed E-state index contributed by atoms with van der Waals surface area (Å²) in [6, 6.07) is 11.6. The molecule has 0 saturated carbocycles. The Kier molecular flexibility index (Phi) is 5.75. The quantitative estimate of drug-likeness (QED) is 0.631. The Labute approximate surface area is 130 Å². The van der Waals surface area contributed by atoms with E-state index in [9.17, 15) is 4.79 Å². The van der Waals surface area contributed by atoms with E-state index in [0.29, 0.717) is 6.61 Å². The fraction of sp³-hybridized carbons (Fsp3) is 0.353. The molecule has 2 rings (SSSR count). The lowest BCUT2D eigenvalue weighted by Gasteiger charge is -2.21. The summed E-state index contributed by atoms with van der Waals surface area (Å²) in [6.45, 7) is 1.96. The molecule has 1 amide bonds. The number of benzene rings is 2. The Hall–Kier alpha value is -2.11. The van der Waals surface area contributed by atoms with Crippen molar-refractivity contribution in [2.24, 2.45) is 0 Å². The smallest absolute Gasteiger partial charge is 0.217 e. The van der Waals surface area contributed by atoms with E-state index in [1.165, 1.54) is 6.92 Å². The minimum Gasteiger partial charge on any atom is -0.496 e. The third-order valence-electron chi connectivity index (χ3n) is 3.35. The van der Waals surface area contributed by atoms with E-state index in [4.69, 9.17) is 14.2 Å². The van der Waals surface area contributed by atoms with E-state index in [1.807, 2.05) is 36.4 Å². The molecule has 0 aromatic heterocycles. The maximum absolute atomic E-state index is 11.5. The molecule has 2 aromatic carbocycles. The molecule has 0 saturated heterocycles. The Morgan fingerprint density at radius 3 is 2.64 bits per heavy atom. The summed E-state index contributed by atoms with van der Waals surface area (Å²) >= 11 is 0. The van der Waals surface area contributed by atoms with E-state index in [-0.39, 0.29) is 18.7 Å². The summed E-state index contributed by atoms with van der Waals surface area (Å²) in [4.78, 5) is 11.5. The van der Waals surface area contributed by atoms with Gasteiger partial charge >= 0.3 is 0 Å². The number of fused-ring (bicyclic) bond motifs is 1. The van der Waals surface area contributed by atoms with Gasteiger partial charge < -0.3 is 19.5 Å². The molecule has 0 spiro atoms. The largest absolute Gasteiger partial charge is 0.496 e. The number of ether oxygens (including phenoxy) is 3. The monoisotopic (exact) mass is 303 g/mol. The highest BCUT2D eigenvalue weighted by Crippen LogP contribution is 2.33. The van der Waals surface area contributed by atoms with Gasteiger partial charge in [-0.1, -0.05) is 36.4 Å². The molecule has 0 aliphatic rings. The van der Waals surface area contributed by atoms with Crippen LogP contribution in [0, 0.1) is 0 Å². The molecule has 2 aromatic rings. The summed E-state index contributed by atoms with van der Waals surface area (Å²) in [6.07, 6.45) is 0. The molecule has 1 N–H and O–H groups in total. The summed E-state index contributed by atoms with van der Waals surface area (Å²) in [5.41, 5.74) is 0.882. The van der Waals surface area contributed by atoms with Crippen LogP contribution in [0.5, 0.6) is 5.75 Å². The van der Waals surface area contributed by atoms with Crippen molar-refractivity contribution in [1.82, 2.24) is 5.32 Å². The number of rotatable bonds is 7. The molecule has 118 valence electrons. The van der Waals surface area contributed by atoms with Gasteiger partial charge in [0.2, 0.25) is 5.91 Å². The SMILES string of the molecule is COCOC[C@@H](NC(C)=O)c1ccc2ccccc2c1OC. The van der Waals surface area contributed by atoms with Gasteiger partial charge in [-0.25, -0.2) is 0 Å². The van der Waals surface area contributed by atoms with Gasteiger partial charge in [0.1, 0.15) is 12.5 Å². The van der Waals surface area contributed by atoms with Crippen LogP contribution in [0.3, 0.4) is 0 Å². The van der Waals surface area contributed by atoms with Crippen molar-refractivity contribution in [2.45, 2.75) is 13.0 Å². The molecule has 0 radical (unpaired) electrons. The average molecular weight is 303 g/mol. The lowest BCUT2D eigenvalue weighted by Crippen LogP contribution is -2.30. The van der Waals surface area contributed by atoms with Crippen LogP contribution >= 0.6 is 0 Å². The highest BCUT2D eigenvalue weighted by atomic mass is 16.7. The Morgan fingerprint density at radius 2 is 1.95 bits per heavy atom. The molecule has 0 unspecified atom stereocenters. The van der Waals surface area contributed by atoms with Crippen LogP contribution in [-0.2, 0) is 14.3 Å². The van der Waals surface area contributed by atoms with Crippen molar-refractivity contribution in [1.29, 1.82) is 0 Å². The van der Waals surface area contributed by atoms with Crippen molar-refractivity contribution < 1.29 is 19.0 Å². The van der Waals surface area contributed by atoms with Crippen LogP contribution in [0.1, 0.15) is 18.5 Å². The molecule has 0 fully saturated rings. The van der Waals surface area contributed by atoms with E-state index < -0.39 is 0 Å². The Balaban J connectivity index is 2.40. The minimum absolute atomic E-state index is 0.124. The lowest BCUT2D eigenvalue weighted by atomic mass is 10.00. The van der Waals surface area contributed by atoms with Gasteiger partial charge in [-0.2, -0.15) is 0 Å². The molecular formula is C17H21NO4. The molecule has 0 bridgehead atoms. The minimum atomic E-state index is -0.299. The van der Waals surface area contributed by atoms with Gasteiger partial charge in [0.15, 0.2) is 0 Å². The number of hydrogen-bond acceptors (Lipinski definition) is 4. The van der Waals surface area contributed by atoms with Crippen LogP contribution < -0.4 is 10.1 Å². The first-order valence-corrected chi connectivity index (χ1v) is 7.06. The third-order valence-corrected chi connectivity index (χ3v) is 3.35. The average Bonchev–Trinajstić information content (AvgIpc) is 2.52. The first-order chi connectivity index (χ1) is 10.7. The van der Waals surface area contributed by atoms with Crippen LogP contribution in [-0.4, -0.2) is 33.5 Å². The van der Waals surface area contributed by atoms with E-state index in [0.717, 1.165) is 22.1 Å². The van der Waals surface area contributed by atoms with Crippen molar-refractivity contribution in [3.8, 4) is 5.75 Å². The number of carbonyl (C=O) groups excluding carboxylic acids is 1. The molecule has 0 heterocycles. The summed E-state index contributed by atoms with van der Waals surface area (Å²) in [7, 11) is 3.19. The zero-order valence-electron chi connectivity index (χ0n) is 13.1. The van der Waals surface area contributed by atoms with Gasteiger partial charge in [0.25, 0.3) is 0 Å². The number of hydrogen-bond donors (Lipinski definition) is 1. The second-order valence-electron chi connectivity index (χ2n) is 4.94. The van der Waals surface area contributed by atoms with Crippen molar-refractivity contribution >= 4 is 16.7 Å². The number of methoxy groups -OCH3 is 2. The Bertz CT molecular complexity index is 642. The van der Waals surface area contributed by atoms with E-state index >= 15 is 0 Å². The number of carbonyl (C=O) groups is 1. The predicted molar refractivity (Wildman–Crippen MR) is 84.9 cm³/mol. The highest BCUT2D eigenvalue weighted by molar-refractivity contribution is 5.90. The first kappa shape index (κ1) is 16.3. The van der Waals surface area contributed by atoms with Crippen molar-refractivity contribution in [2.75, 3.05) is 27.6 Å². The summed E-state index contributed by atoms with van der Waals surface area (Å²) in [5.74, 6) is 0.624. The van der Waals surface area contributed by atoms with Crippen LogP contribution in [0.25, 0.3) is 10.8 Å². The fourth-order valence-corrected chi connectivity index (χ4v) is 2.47. The second kappa shape index (κ2) is 7.77. The second-order valence-corrected chi connectivity index (χ2v) is 4.94. The topological polar surface area (TPSA) is 56.8 Å². The zero-order valence-corrected chi connectivity index (χ0v) is 13.1. The lowest BCUT2D eigenvalue weighted by molar-refractivity contribution is -0.120. The van der Waals surface area contributed by atoms with E-state index in [2.05, 4.69) is 5.32 Å². The molecule has 5 nitrogen and oxygen atoms in total. The van der Waals surface area contributed by atoms with Gasteiger partial charge in [-0.3, -0.25) is 4.79 Å². The molecule has 0 aliphatic carbocycles. The molecule has 5 heteroatoms. The normalized spacial score (nSPS) is 12.1. The molecule has 1 atom stereocenters. The van der Waals surface area contributed by atoms with Gasteiger partial charge in [0.05, 0.1) is 19.8 Å². The van der Waals surface area contributed by atoms with Crippen LogP contribution in [0.4, 0.5) is 0 Å². The molecular weight excluding hydrogens is 282 g/mol. The van der Waals surface area contributed by atoms with Gasteiger partial charge in [-0.15, -0.1) is 0 Å². The predicted octanol–water partition coefficient (Wildman–Crippen LogP) is 2.65. The molecule has 0 aliphatic heterocycles. The number of nitrogens with one attached hydrogen (secondary N) is 1. The zero-order chi connectivity index (χ0) is 15.9. The van der Waals surface area contributed by atoms with E-state index in [1.54, 1.807) is 14.2 Å². The summed E-state index contributed by atoms with van der Waals surface area (Å²) < 4.78 is 15.9. The summed E-state index contributed by atoms with van der Waals surface area (Å²) in [5, 5.41) is 4.98. The van der Waals surface area contributed by atoms with Crippen LogP contribution in [0.15, 0.2) is 36.4 Å². The maximum Gasteiger partial charge on any atom is 0.217 e. The van der Waals surface area contributed by atoms with Crippen molar-refractivity contribution in [3.05, 3.63) is 42.0 Å². The standard InChI is InChI=1S/C17H21NO4/c1-12(19)18-16(10-22-11-20-2)15-9-8-13-6-4-5-7-14(13)17(15)21-3/h4-9,16H,10-11H2,1-3H3,(H,18,19)/t16-/m1/s1. The third kappa shape index (κ3) is 3.75. The fourth-order valence-electron chi connectivity index (χ4n) is 2.47. The van der Waals surface area contributed by atoms with Crippen LogP contribution in [0.2, 0.25) is 0 Å². The first-order valence-electron chi connectivity index (χ1n) is 7.06.